The fourth-order valence-electron chi connectivity index (χ4n) is 2.41. The number of benzene rings is 2. The van der Waals surface area contributed by atoms with Crippen molar-refractivity contribution in [3.05, 3.63) is 63.2 Å². The summed E-state index contributed by atoms with van der Waals surface area (Å²) in [6.45, 7) is 2.03. The number of rotatable bonds is 7. The summed E-state index contributed by atoms with van der Waals surface area (Å²) in [5, 5.41) is 13.7. The standard InChI is InChI=1S/C18H20N2O5/c1-12-4-6-14(11-15(12)20(22)23)18(21)19-9-8-13-5-7-16(24-2)17(10-13)25-3/h4-7,10-11H,8-9H2,1-3H3,(H,19,21). The lowest BCUT2D eigenvalue weighted by Crippen LogP contribution is -2.25. The Hall–Kier alpha value is -3.09. The Balaban J connectivity index is 1.99. The Kier molecular flexibility index (Phi) is 5.94. The van der Waals surface area contributed by atoms with Gasteiger partial charge in [0, 0.05) is 23.7 Å². The van der Waals surface area contributed by atoms with Gasteiger partial charge in [0.2, 0.25) is 0 Å². The van der Waals surface area contributed by atoms with Gasteiger partial charge in [-0.15, -0.1) is 0 Å². The Morgan fingerprint density at radius 1 is 1.12 bits per heavy atom. The topological polar surface area (TPSA) is 90.7 Å². The molecule has 25 heavy (non-hydrogen) atoms. The Morgan fingerprint density at radius 2 is 1.84 bits per heavy atom. The van der Waals surface area contributed by atoms with E-state index in [1.54, 1.807) is 39.3 Å². The minimum atomic E-state index is -0.490. The number of hydrogen-bond acceptors (Lipinski definition) is 5. The molecule has 0 bridgehead atoms. The van der Waals surface area contributed by atoms with Gasteiger partial charge in [0.1, 0.15) is 0 Å². The monoisotopic (exact) mass is 344 g/mol. The van der Waals surface area contributed by atoms with Gasteiger partial charge in [-0.1, -0.05) is 12.1 Å². The van der Waals surface area contributed by atoms with E-state index in [0.717, 1.165) is 5.56 Å². The van der Waals surface area contributed by atoms with Crippen LogP contribution in [0.1, 0.15) is 21.5 Å². The van der Waals surface area contributed by atoms with Gasteiger partial charge in [0.25, 0.3) is 11.6 Å². The molecule has 0 aromatic heterocycles. The summed E-state index contributed by atoms with van der Waals surface area (Å²) in [6, 6.07) is 9.99. The van der Waals surface area contributed by atoms with E-state index < -0.39 is 4.92 Å². The third-order valence-electron chi connectivity index (χ3n) is 3.82. The second-order valence-electron chi connectivity index (χ2n) is 5.45. The number of nitro benzene ring substituents is 1. The summed E-state index contributed by atoms with van der Waals surface area (Å²) in [7, 11) is 3.13. The van der Waals surface area contributed by atoms with Crippen molar-refractivity contribution in [2.75, 3.05) is 20.8 Å². The summed E-state index contributed by atoms with van der Waals surface area (Å²) in [5.74, 6) is 0.923. The van der Waals surface area contributed by atoms with Gasteiger partial charge in [-0.3, -0.25) is 14.9 Å². The van der Waals surface area contributed by atoms with Crippen LogP contribution in [0.15, 0.2) is 36.4 Å². The molecule has 0 saturated heterocycles. The number of methoxy groups -OCH3 is 2. The Morgan fingerprint density at radius 3 is 2.48 bits per heavy atom. The third-order valence-corrected chi connectivity index (χ3v) is 3.82. The second-order valence-corrected chi connectivity index (χ2v) is 5.45. The van der Waals surface area contributed by atoms with Crippen LogP contribution in [0.5, 0.6) is 11.5 Å². The zero-order chi connectivity index (χ0) is 18.4. The van der Waals surface area contributed by atoms with Gasteiger partial charge in [0.15, 0.2) is 11.5 Å². The fourth-order valence-corrected chi connectivity index (χ4v) is 2.41. The van der Waals surface area contributed by atoms with Crippen LogP contribution in [0.3, 0.4) is 0 Å². The normalized spacial score (nSPS) is 10.2. The van der Waals surface area contributed by atoms with E-state index in [0.29, 0.717) is 30.0 Å². The highest BCUT2D eigenvalue weighted by molar-refractivity contribution is 5.94. The quantitative estimate of drug-likeness (QED) is 0.616. The first-order valence-electron chi connectivity index (χ1n) is 7.70. The van der Waals surface area contributed by atoms with Crippen LogP contribution in [-0.4, -0.2) is 31.6 Å². The molecule has 0 saturated carbocycles. The summed E-state index contributed by atoms with van der Waals surface area (Å²) < 4.78 is 10.4. The number of aryl methyl sites for hydroxylation is 1. The highest BCUT2D eigenvalue weighted by Crippen LogP contribution is 2.27. The number of carbonyl (C=O) groups is 1. The first-order valence-corrected chi connectivity index (χ1v) is 7.70. The zero-order valence-electron chi connectivity index (χ0n) is 14.4. The maximum atomic E-state index is 12.2. The summed E-state index contributed by atoms with van der Waals surface area (Å²) in [4.78, 5) is 22.6. The molecule has 0 spiro atoms. The molecule has 0 heterocycles. The molecule has 0 radical (unpaired) electrons. The van der Waals surface area contributed by atoms with Crippen LogP contribution in [0, 0.1) is 17.0 Å². The minimum Gasteiger partial charge on any atom is -0.493 e. The second kappa shape index (κ2) is 8.14. The van der Waals surface area contributed by atoms with E-state index in [-0.39, 0.29) is 17.2 Å². The fraction of sp³-hybridized carbons (Fsp3) is 0.278. The summed E-state index contributed by atoms with van der Waals surface area (Å²) in [5.41, 5.74) is 1.71. The van der Waals surface area contributed by atoms with Crippen molar-refractivity contribution in [2.45, 2.75) is 13.3 Å². The van der Waals surface area contributed by atoms with Gasteiger partial charge < -0.3 is 14.8 Å². The SMILES string of the molecule is COc1ccc(CCNC(=O)c2ccc(C)c([N+](=O)[O-])c2)cc1OC. The van der Waals surface area contributed by atoms with E-state index in [1.807, 2.05) is 12.1 Å². The first kappa shape index (κ1) is 18.3. The average molecular weight is 344 g/mol. The van der Waals surface area contributed by atoms with E-state index in [9.17, 15) is 14.9 Å². The van der Waals surface area contributed by atoms with E-state index in [2.05, 4.69) is 5.32 Å². The summed E-state index contributed by atoms with van der Waals surface area (Å²) >= 11 is 0. The van der Waals surface area contributed by atoms with Crippen molar-refractivity contribution < 1.29 is 19.2 Å². The smallest absolute Gasteiger partial charge is 0.273 e. The molecule has 1 N–H and O–H groups in total. The maximum absolute atomic E-state index is 12.2. The van der Waals surface area contributed by atoms with Gasteiger partial charge >= 0.3 is 0 Å². The molecule has 132 valence electrons. The lowest BCUT2D eigenvalue weighted by Gasteiger charge is -2.10. The lowest BCUT2D eigenvalue weighted by atomic mass is 10.1. The molecule has 0 aliphatic heterocycles. The van der Waals surface area contributed by atoms with Crippen molar-refractivity contribution >= 4 is 11.6 Å². The summed E-state index contributed by atoms with van der Waals surface area (Å²) in [6.07, 6.45) is 0.597. The molecule has 0 fully saturated rings. The lowest BCUT2D eigenvalue weighted by molar-refractivity contribution is -0.385. The molecule has 2 aromatic rings. The van der Waals surface area contributed by atoms with Crippen molar-refractivity contribution in [1.29, 1.82) is 0 Å². The number of carbonyl (C=O) groups excluding carboxylic acids is 1. The molecule has 7 heteroatoms. The Labute approximate surface area is 145 Å². The highest BCUT2D eigenvalue weighted by Gasteiger charge is 2.14. The minimum absolute atomic E-state index is 0.0625. The van der Waals surface area contributed by atoms with Crippen molar-refractivity contribution in [3.63, 3.8) is 0 Å². The van der Waals surface area contributed by atoms with Crippen LogP contribution < -0.4 is 14.8 Å². The van der Waals surface area contributed by atoms with Crippen LogP contribution in [0.25, 0.3) is 0 Å². The Bertz CT molecular complexity index is 789. The molecular weight excluding hydrogens is 324 g/mol. The van der Waals surface area contributed by atoms with Crippen molar-refractivity contribution in [2.24, 2.45) is 0 Å². The third kappa shape index (κ3) is 4.47. The van der Waals surface area contributed by atoms with E-state index in [4.69, 9.17) is 9.47 Å². The molecule has 7 nitrogen and oxygen atoms in total. The van der Waals surface area contributed by atoms with E-state index in [1.165, 1.54) is 6.07 Å². The van der Waals surface area contributed by atoms with Gasteiger partial charge in [-0.05, 0) is 37.1 Å². The van der Waals surface area contributed by atoms with Crippen LogP contribution in [-0.2, 0) is 6.42 Å². The number of nitro groups is 1. The molecule has 0 unspecified atom stereocenters. The average Bonchev–Trinajstić information content (AvgIpc) is 2.61. The van der Waals surface area contributed by atoms with Crippen molar-refractivity contribution in [3.8, 4) is 11.5 Å². The van der Waals surface area contributed by atoms with Gasteiger partial charge in [-0.2, -0.15) is 0 Å². The first-order chi connectivity index (χ1) is 12.0. The molecule has 2 rings (SSSR count). The molecule has 2 aromatic carbocycles. The number of hydrogen-bond donors (Lipinski definition) is 1. The number of amides is 1. The predicted octanol–water partition coefficient (Wildman–Crippen LogP) is 2.89. The van der Waals surface area contributed by atoms with Crippen LogP contribution in [0.2, 0.25) is 0 Å². The largest absolute Gasteiger partial charge is 0.493 e. The molecule has 1 amide bonds. The molecular formula is C18H20N2O5. The van der Waals surface area contributed by atoms with E-state index >= 15 is 0 Å². The molecule has 0 aliphatic carbocycles. The van der Waals surface area contributed by atoms with Gasteiger partial charge in [0.05, 0.1) is 19.1 Å². The predicted molar refractivity (Wildman–Crippen MR) is 93.4 cm³/mol. The molecule has 0 atom stereocenters. The zero-order valence-corrected chi connectivity index (χ0v) is 14.4. The van der Waals surface area contributed by atoms with Crippen LogP contribution in [0.4, 0.5) is 5.69 Å². The molecule has 0 aliphatic rings. The van der Waals surface area contributed by atoms with Gasteiger partial charge in [-0.25, -0.2) is 0 Å². The van der Waals surface area contributed by atoms with Crippen molar-refractivity contribution in [1.82, 2.24) is 5.32 Å². The maximum Gasteiger partial charge on any atom is 0.273 e. The van der Waals surface area contributed by atoms with Crippen LogP contribution >= 0.6 is 0 Å². The number of ether oxygens (including phenoxy) is 2. The highest BCUT2D eigenvalue weighted by atomic mass is 16.6. The number of nitrogens with one attached hydrogen (secondary N) is 1. The number of nitrogens with zero attached hydrogens (tertiary/aromatic N) is 1.